The number of hydrogen-bond acceptors (Lipinski definition) is 3. The van der Waals surface area contributed by atoms with Crippen LogP contribution in [0.2, 0.25) is 0 Å². The Kier molecular flexibility index (Phi) is 4.85. The number of likely N-dealkylation sites (N-methyl/N-ethyl adjacent to an activating group) is 1. The highest BCUT2D eigenvalue weighted by atomic mass is 16.2. The van der Waals surface area contributed by atoms with Crippen molar-refractivity contribution in [1.82, 2.24) is 9.80 Å². The molecule has 1 aliphatic carbocycles. The number of likely N-dealkylation sites (tertiary alicyclic amines) is 1. The van der Waals surface area contributed by atoms with Crippen molar-refractivity contribution in [3.63, 3.8) is 0 Å². The molecule has 1 unspecified atom stereocenters. The van der Waals surface area contributed by atoms with E-state index in [1.165, 1.54) is 13.0 Å². The molecule has 1 heterocycles. The summed E-state index contributed by atoms with van der Waals surface area (Å²) in [7, 11) is 0. The molecule has 2 fully saturated rings. The first-order chi connectivity index (χ1) is 9.09. The van der Waals surface area contributed by atoms with Crippen LogP contribution in [0.1, 0.15) is 46.0 Å². The third-order valence-electron chi connectivity index (χ3n) is 4.89. The minimum absolute atomic E-state index is 0.197. The molecule has 2 N–H and O–H groups in total. The number of nitrogens with zero attached hydrogens (tertiary/aromatic N) is 2. The molecular weight excluding hydrogens is 238 g/mol. The van der Waals surface area contributed by atoms with E-state index in [1.807, 2.05) is 4.90 Å². The second kappa shape index (κ2) is 6.23. The Morgan fingerprint density at radius 2 is 2.05 bits per heavy atom. The van der Waals surface area contributed by atoms with Crippen LogP contribution in [-0.2, 0) is 4.79 Å². The van der Waals surface area contributed by atoms with Crippen molar-refractivity contribution in [2.45, 2.75) is 51.5 Å². The molecule has 2 rings (SSSR count). The van der Waals surface area contributed by atoms with E-state index in [9.17, 15) is 4.79 Å². The first kappa shape index (κ1) is 14.8. The number of amides is 1. The van der Waals surface area contributed by atoms with Crippen LogP contribution in [0.25, 0.3) is 0 Å². The Bertz CT molecular complexity index is 313. The molecule has 0 radical (unpaired) electrons. The van der Waals surface area contributed by atoms with E-state index in [-0.39, 0.29) is 5.91 Å². The molecule has 2 aliphatic rings. The van der Waals surface area contributed by atoms with Crippen LogP contribution in [-0.4, -0.2) is 54.0 Å². The van der Waals surface area contributed by atoms with E-state index in [4.69, 9.17) is 5.73 Å². The fraction of sp³-hybridized carbons (Fsp3) is 0.933. The summed E-state index contributed by atoms with van der Waals surface area (Å²) in [5, 5.41) is 0. The van der Waals surface area contributed by atoms with Gasteiger partial charge in [0.2, 0.25) is 5.91 Å². The van der Waals surface area contributed by atoms with Gasteiger partial charge in [-0.05, 0) is 45.2 Å². The molecule has 0 aromatic heterocycles. The summed E-state index contributed by atoms with van der Waals surface area (Å²) in [5.74, 6) is 0.830. The maximum absolute atomic E-state index is 12.6. The predicted molar refractivity (Wildman–Crippen MR) is 77.9 cm³/mol. The lowest BCUT2D eigenvalue weighted by Crippen LogP contribution is -2.54. The number of carbonyl (C=O) groups is 1. The van der Waals surface area contributed by atoms with E-state index in [0.717, 1.165) is 51.9 Å². The van der Waals surface area contributed by atoms with Gasteiger partial charge >= 0.3 is 0 Å². The Hall–Kier alpha value is -0.610. The molecule has 1 saturated heterocycles. The van der Waals surface area contributed by atoms with E-state index in [1.54, 1.807) is 0 Å². The fourth-order valence-electron chi connectivity index (χ4n) is 3.55. The number of rotatable bonds is 5. The molecule has 0 spiro atoms. The molecule has 0 aromatic rings. The first-order valence-electron chi connectivity index (χ1n) is 7.89. The lowest BCUT2D eigenvalue weighted by Gasteiger charge is -2.32. The van der Waals surface area contributed by atoms with Gasteiger partial charge in [0.15, 0.2) is 0 Å². The van der Waals surface area contributed by atoms with E-state index in [2.05, 4.69) is 18.7 Å². The van der Waals surface area contributed by atoms with Gasteiger partial charge in [-0.2, -0.15) is 0 Å². The van der Waals surface area contributed by atoms with E-state index >= 15 is 0 Å². The number of nitrogens with two attached hydrogens (primary N) is 1. The van der Waals surface area contributed by atoms with Crippen molar-refractivity contribution in [3.8, 4) is 0 Å². The number of carbonyl (C=O) groups excluding carboxylic acids is 1. The molecule has 1 atom stereocenters. The van der Waals surface area contributed by atoms with Crippen molar-refractivity contribution < 1.29 is 4.79 Å². The summed E-state index contributed by atoms with van der Waals surface area (Å²) in [6, 6.07) is 0. The lowest BCUT2D eigenvalue weighted by molar-refractivity contribution is -0.137. The average Bonchev–Trinajstić information content (AvgIpc) is 3.04. The Morgan fingerprint density at radius 3 is 2.58 bits per heavy atom. The van der Waals surface area contributed by atoms with Gasteiger partial charge in [0.05, 0.1) is 5.54 Å². The minimum Gasteiger partial charge on any atom is -0.341 e. The highest BCUT2D eigenvalue weighted by Gasteiger charge is 2.40. The molecule has 0 bridgehead atoms. The van der Waals surface area contributed by atoms with Crippen LogP contribution >= 0.6 is 0 Å². The Morgan fingerprint density at radius 1 is 1.37 bits per heavy atom. The summed E-state index contributed by atoms with van der Waals surface area (Å²) in [5.41, 5.74) is 5.75. The van der Waals surface area contributed by atoms with Crippen molar-refractivity contribution in [3.05, 3.63) is 0 Å². The summed E-state index contributed by atoms with van der Waals surface area (Å²) in [6.45, 7) is 9.41. The van der Waals surface area contributed by atoms with Gasteiger partial charge < -0.3 is 15.5 Å². The van der Waals surface area contributed by atoms with Crippen molar-refractivity contribution in [1.29, 1.82) is 0 Å². The van der Waals surface area contributed by atoms with Gasteiger partial charge in [0.25, 0.3) is 0 Å². The normalized spacial score (nSPS) is 26.8. The number of hydrogen-bond donors (Lipinski definition) is 1. The zero-order valence-corrected chi connectivity index (χ0v) is 12.5. The fourth-order valence-corrected chi connectivity index (χ4v) is 3.55. The summed E-state index contributed by atoms with van der Waals surface area (Å²) in [6.07, 6.45) is 5.16. The van der Waals surface area contributed by atoms with Crippen LogP contribution in [0, 0.1) is 5.92 Å². The first-order valence-corrected chi connectivity index (χ1v) is 7.89. The van der Waals surface area contributed by atoms with Crippen LogP contribution in [0.3, 0.4) is 0 Å². The second-order valence-corrected chi connectivity index (χ2v) is 6.25. The van der Waals surface area contributed by atoms with Gasteiger partial charge in [0, 0.05) is 19.6 Å². The van der Waals surface area contributed by atoms with Gasteiger partial charge in [-0.25, -0.2) is 0 Å². The molecule has 19 heavy (non-hydrogen) atoms. The zero-order chi connectivity index (χ0) is 13.9. The standard InChI is InChI=1S/C15H29N3O/c1-3-17-10-7-13(11-17)12-18(4-2)14(19)15(16)8-5-6-9-15/h13H,3-12,16H2,1-2H3. The molecular formula is C15H29N3O. The van der Waals surface area contributed by atoms with Crippen LogP contribution in [0.5, 0.6) is 0 Å². The van der Waals surface area contributed by atoms with Crippen LogP contribution < -0.4 is 5.73 Å². The minimum atomic E-state index is -0.556. The van der Waals surface area contributed by atoms with Crippen molar-refractivity contribution >= 4 is 5.91 Å². The topological polar surface area (TPSA) is 49.6 Å². The Balaban J connectivity index is 1.91. The highest BCUT2D eigenvalue weighted by molar-refractivity contribution is 5.86. The maximum Gasteiger partial charge on any atom is 0.242 e. The summed E-state index contributed by atoms with van der Waals surface area (Å²) in [4.78, 5) is 17.1. The van der Waals surface area contributed by atoms with Crippen LogP contribution in [0.4, 0.5) is 0 Å². The SMILES string of the molecule is CCN1CCC(CN(CC)C(=O)C2(N)CCCC2)C1. The van der Waals surface area contributed by atoms with Crippen molar-refractivity contribution in [2.75, 3.05) is 32.7 Å². The average molecular weight is 267 g/mol. The van der Waals surface area contributed by atoms with Gasteiger partial charge in [-0.3, -0.25) is 4.79 Å². The van der Waals surface area contributed by atoms with Gasteiger partial charge in [-0.1, -0.05) is 19.8 Å². The molecule has 4 nitrogen and oxygen atoms in total. The third-order valence-corrected chi connectivity index (χ3v) is 4.89. The highest BCUT2D eigenvalue weighted by Crippen LogP contribution is 2.29. The molecule has 1 amide bonds. The zero-order valence-electron chi connectivity index (χ0n) is 12.5. The maximum atomic E-state index is 12.6. The van der Waals surface area contributed by atoms with Gasteiger partial charge in [-0.15, -0.1) is 0 Å². The monoisotopic (exact) mass is 267 g/mol. The largest absolute Gasteiger partial charge is 0.341 e. The second-order valence-electron chi connectivity index (χ2n) is 6.25. The molecule has 0 aromatic carbocycles. The molecule has 1 aliphatic heterocycles. The molecule has 1 saturated carbocycles. The van der Waals surface area contributed by atoms with E-state index in [0.29, 0.717) is 5.92 Å². The molecule has 110 valence electrons. The smallest absolute Gasteiger partial charge is 0.242 e. The van der Waals surface area contributed by atoms with Crippen LogP contribution in [0.15, 0.2) is 0 Å². The molecule has 4 heteroatoms. The predicted octanol–water partition coefficient (Wildman–Crippen LogP) is 1.45. The summed E-state index contributed by atoms with van der Waals surface area (Å²) < 4.78 is 0. The van der Waals surface area contributed by atoms with E-state index < -0.39 is 5.54 Å². The summed E-state index contributed by atoms with van der Waals surface area (Å²) >= 11 is 0. The third kappa shape index (κ3) is 3.29. The lowest BCUT2D eigenvalue weighted by atomic mass is 9.96. The van der Waals surface area contributed by atoms with Crippen molar-refractivity contribution in [2.24, 2.45) is 11.7 Å². The Labute approximate surface area is 117 Å². The quantitative estimate of drug-likeness (QED) is 0.820. The van der Waals surface area contributed by atoms with Gasteiger partial charge in [0.1, 0.15) is 0 Å².